The Balaban J connectivity index is 2.01. The summed E-state index contributed by atoms with van der Waals surface area (Å²) >= 11 is 0. The van der Waals surface area contributed by atoms with E-state index >= 15 is 0 Å². The third-order valence-electron chi connectivity index (χ3n) is 4.41. The van der Waals surface area contributed by atoms with E-state index in [2.05, 4.69) is 6.92 Å². The SMILES string of the molecule is CCCC1CCC(C(N)c2cc(F)ccc2F)CC1. The fourth-order valence-corrected chi connectivity index (χ4v) is 3.27. The van der Waals surface area contributed by atoms with Crippen LogP contribution in [-0.2, 0) is 0 Å². The van der Waals surface area contributed by atoms with Crippen LogP contribution in [0.25, 0.3) is 0 Å². The summed E-state index contributed by atoms with van der Waals surface area (Å²) in [5.74, 6) is 0.284. The maximum Gasteiger partial charge on any atom is 0.128 e. The first-order valence-electron chi connectivity index (χ1n) is 7.32. The molecule has 1 aliphatic carbocycles. The van der Waals surface area contributed by atoms with Gasteiger partial charge in [-0.3, -0.25) is 0 Å². The number of hydrogen-bond acceptors (Lipinski definition) is 1. The number of halogens is 2. The van der Waals surface area contributed by atoms with Crippen molar-refractivity contribution in [1.82, 2.24) is 0 Å². The molecule has 1 aromatic carbocycles. The molecule has 19 heavy (non-hydrogen) atoms. The maximum atomic E-state index is 13.7. The van der Waals surface area contributed by atoms with Crippen LogP contribution < -0.4 is 5.73 Å². The summed E-state index contributed by atoms with van der Waals surface area (Å²) in [5.41, 5.74) is 6.48. The summed E-state index contributed by atoms with van der Waals surface area (Å²) < 4.78 is 26.9. The molecule has 0 amide bonds. The molecule has 1 saturated carbocycles. The number of nitrogens with two attached hydrogens (primary N) is 1. The van der Waals surface area contributed by atoms with Crippen LogP contribution in [0.5, 0.6) is 0 Å². The van der Waals surface area contributed by atoms with Crippen LogP contribution in [0.15, 0.2) is 18.2 Å². The normalized spacial score (nSPS) is 25.3. The molecule has 0 aromatic heterocycles. The van der Waals surface area contributed by atoms with Gasteiger partial charge in [-0.05, 0) is 42.9 Å². The summed E-state index contributed by atoms with van der Waals surface area (Å²) in [5, 5.41) is 0. The quantitative estimate of drug-likeness (QED) is 0.849. The van der Waals surface area contributed by atoms with E-state index in [-0.39, 0.29) is 17.8 Å². The highest BCUT2D eigenvalue weighted by molar-refractivity contribution is 5.22. The predicted octanol–water partition coefficient (Wildman–Crippen LogP) is 4.57. The smallest absolute Gasteiger partial charge is 0.128 e. The zero-order valence-electron chi connectivity index (χ0n) is 11.5. The van der Waals surface area contributed by atoms with E-state index < -0.39 is 5.82 Å². The molecule has 106 valence electrons. The molecule has 0 aliphatic heterocycles. The van der Waals surface area contributed by atoms with Gasteiger partial charge in [0, 0.05) is 11.6 Å². The Kier molecular flexibility index (Phi) is 4.92. The van der Waals surface area contributed by atoms with Gasteiger partial charge in [0.25, 0.3) is 0 Å². The molecule has 1 fully saturated rings. The van der Waals surface area contributed by atoms with Crippen molar-refractivity contribution < 1.29 is 8.78 Å². The van der Waals surface area contributed by atoms with Crippen molar-refractivity contribution in [2.45, 2.75) is 51.5 Å². The van der Waals surface area contributed by atoms with Gasteiger partial charge in [-0.25, -0.2) is 8.78 Å². The van der Waals surface area contributed by atoms with Gasteiger partial charge >= 0.3 is 0 Å². The highest BCUT2D eigenvalue weighted by atomic mass is 19.1. The highest BCUT2D eigenvalue weighted by Crippen LogP contribution is 2.37. The second-order valence-corrected chi connectivity index (χ2v) is 5.76. The molecule has 1 nitrogen and oxygen atoms in total. The van der Waals surface area contributed by atoms with Crippen molar-refractivity contribution in [3.05, 3.63) is 35.4 Å². The van der Waals surface area contributed by atoms with E-state index in [1.54, 1.807) is 0 Å². The number of benzene rings is 1. The van der Waals surface area contributed by atoms with Gasteiger partial charge < -0.3 is 5.73 Å². The van der Waals surface area contributed by atoms with Crippen molar-refractivity contribution in [2.24, 2.45) is 17.6 Å². The standard InChI is InChI=1S/C16H23F2N/c1-2-3-11-4-6-12(7-5-11)16(19)14-10-13(17)8-9-15(14)18/h8-12,16H,2-7,19H2,1H3. The third kappa shape index (κ3) is 3.53. The Labute approximate surface area is 114 Å². The average Bonchev–Trinajstić information content (AvgIpc) is 2.42. The molecular formula is C16H23F2N. The van der Waals surface area contributed by atoms with Crippen LogP contribution >= 0.6 is 0 Å². The van der Waals surface area contributed by atoms with E-state index in [1.165, 1.54) is 37.8 Å². The van der Waals surface area contributed by atoms with Gasteiger partial charge in [-0.1, -0.05) is 32.6 Å². The molecule has 1 atom stereocenters. The van der Waals surface area contributed by atoms with Crippen molar-refractivity contribution in [3.63, 3.8) is 0 Å². The lowest BCUT2D eigenvalue weighted by atomic mass is 9.76. The first kappa shape index (κ1) is 14.4. The summed E-state index contributed by atoms with van der Waals surface area (Å²) in [6, 6.07) is 3.19. The van der Waals surface area contributed by atoms with E-state index in [9.17, 15) is 8.78 Å². The summed E-state index contributed by atoms with van der Waals surface area (Å²) in [4.78, 5) is 0. The minimum absolute atomic E-state index is 0.282. The van der Waals surface area contributed by atoms with Crippen LogP contribution in [0.1, 0.15) is 57.1 Å². The van der Waals surface area contributed by atoms with Crippen molar-refractivity contribution in [3.8, 4) is 0 Å². The van der Waals surface area contributed by atoms with Gasteiger partial charge in [-0.15, -0.1) is 0 Å². The van der Waals surface area contributed by atoms with Crippen molar-refractivity contribution in [1.29, 1.82) is 0 Å². The van der Waals surface area contributed by atoms with Crippen LogP contribution in [0, 0.1) is 23.5 Å². The van der Waals surface area contributed by atoms with E-state index in [0.717, 1.165) is 24.8 Å². The third-order valence-corrected chi connectivity index (χ3v) is 4.41. The Bertz CT molecular complexity index is 411. The average molecular weight is 267 g/mol. The largest absolute Gasteiger partial charge is 0.324 e. The fraction of sp³-hybridized carbons (Fsp3) is 0.625. The van der Waals surface area contributed by atoms with E-state index in [1.807, 2.05) is 0 Å². The van der Waals surface area contributed by atoms with Gasteiger partial charge in [-0.2, -0.15) is 0 Å². The van der Waals surface area contributed by atoms with Gasteiger partial charge in [0.2, 0.25) is 0 Å². The Morgan fingerprint density at radius 1 is 1.21 bits per heavy atom. The Hall–Kier alpha value is -0.960. The van der Waals surface area contributed by atoms with Crippen LogP contribution in [0.4, 0.5) is 8.78 Å². The van der Waals surface area contributed by atoms with Crippen LogP contribution in [-0.4, -0.2) is 0 Å². The molecule has 3 heteroatoms. The lowest BCUT2D eigenvalue weighted by Gasteiger charge is -2.32. The zero-order valence-corrected chi connectivity index (χ0v) is 11.5. The molecule has 1 aromatic rings. The molecule has 0 bridgehead atoms. The first-order chi connectivity index (χ1) is 9.11. The van der Waals surface area contributed by atoms with Crippen molar-refractivity contribution >= 4 is 0 Å². The molecule has 2 N–H and O–H groups in total. The topological polar surface area (TPSA) is 26.0 Å². The Morgan fingerprint density at radius 3 is 2.53 bits per heavy atom. The van der Waals surface area contributed by atoms with E-state index in [0.29, 0.717) is 5.56 Å². The summed E-state index contributed by atoms with van der Waals surface area (Å²) in [7, 11) is 0. The molecule has 0 spiro atoms. The molecular weight excluding hydrogens is 244 g/mol. The lowest BCUT2D eigenvalue weighted by Crippen LogP contribution is -2.27. The molecule has 0 radical (unpaired) electrons. The predicted molar refractivity (Wildman–Crippen MR) is 73.6 cm³/mol. The van der Waals surface area contributed by atoms with Crippen LogP contribution in [0.2, 0.25) is 0 Å². The lowest BCUT2D eigenvalue weighted by molar-refractivity contribution is 0.232. The monoisotopic (exact) mass is 267 g/mol. The van der Waals surface area contributed by atoms with Crippen LogP contribution in [0.3, 0.4) is 0 Å². The number of rotatable bonds is 4. The van der Waals surface area contributed by atoms with Gasteiger partial charge in [0.15, 0.2) is 0 Å². The van der Waals surface area contributed by atoms with E-state index in [4.69, 9.17) is 5.73 Å². The number of hydrogen-bond donors (Lipinski definition) is 1. The minimum Gasteiger partial charge on any atom is -0.324 e. The van der Waals surface area contributed by atoms with Crippen molar-refractivity contribution in [2.75, 3.05) is 0 Å². The molecule has 0 heterocycles. The first-order valence-corrected chi connectivity index (χ1v) is 7.32. The van der Waals surface area contributed by atoms with Gasteiger partial charge in [0.1, 0.15) is 11.6 Å². The maximum absolute atomic E-state index is 13.7. The fourth-order valence-electron chi connectivity index (χ4n) is 3.27. The summed E-state index contributed by atoms with van der Waals surface area (Å²) in [6.45, 7) is 2.21. The second kappa shape index (κ2) is 6.47. The zero-order chi connectivity index (χ0) is 13.8. The van der Waals surface area contributed by atoms with Gasteiger partial charge in [0.05, 0.1) is 0 Å². The molecule has 1 aliphatic rings. The Morgan fingerprint density at radius 2 is 1.89 bits per heavy atom. The minimum atomic E-state index is -0.411. The highest BCUT2D eigenvalue weighted by Gasteiger charge is 2.27. The second-order valence-electron chi connectivity index (χ2n) is 5.76. The molecule has 0 saturated heterocycles. The summed E-state index contributed by atoms with van der Waals surface area (Å²) in [6.07, 6.45) is 6.89. The molecule has 1 unspecified atom stereocenters. The molecule has 2 rings (SSSR count).